The smallest absolute Gasteiger partial charge is 0.0745 e. The zero-order valence-electron chi connectivity index (χ0n) is 13.6. The molecule has 3 rings (SSSR count). The Morgan fingerprint density at radius 2 is 1.90 bits per heavy atom. The van der Waals surface area contributed by atoms with Gasteiger partial charge in [0.25, 0.3) is 0 Å². The van der Waals surface area contributed by atoms with E-state index in [0.717, 1.165) is 24.7 Å². The van der Waals surface area contributed by atoms with Crippen molar-refractivity contribution in [3.05, 3.63) is 0 Å². The van der Waals surface area contributed by atoms with Gasteiger partial charge >= 0.3 is 0 Å². The summed E-state index contributed by atoms with van der Waals surface area (Å²) in [5, 5.41) is 0. The summed E-state index contributed by atoms with van der Waals surface area (Å²) >= 11 is 0. The molecular weight excluding hydrogens is 262 g/mol. The van der Waals surface area contributed by atoms with Gasteiger partial charge in [-0.1, -0.05) is 13.8 Å². The van der Waals surface area contributed by atoms with E-state index in [2.05, 4.69) is 29.6 Å². The van der Waals surface area contributed by atoms with Crippen molar-refractivity contribution >= 4 is 0 Å². The SMILES string of the molecule is CC(C)CC1CC(N)C(C(N)C2CC(N3CCC3)NN2)C1. The molecule has 0 aromatic heterocycles. The Morgan fingerprint density at radius 1 is 1.14 bits per heavy atom. The van der Waals surface area contributed by atoms with Crippen LogP contribution in [0.3, 0.4) is 0 Å². The first kappa shape index (κ1) is 15.7. The van der Waals surface area contributed by atoms with E-state index in [0.29, 0.717) is 18.1 Å². The van der Waals surface area contributed by atoms with Gasteiger partial charge in [-0.2, -0.15) is 0 Å². The molecule has 122 valence electrons. The number of nitrogens with two attached hydrogens (primary N) is 2. The fraction of sp³-hybridized carbons (Fsp3) is 1.00. The van der Waals surface area contributed by atoms with Crippen molar-refractivity contribution in [2.45, 2.75) is 70.2 Å². The minimum atomic E-state index is 0.177. The topological polar surface area (TPSA) is 79.3 Å². The Labute approximate surface area is 129 Å². The minimum absolute atomic E-state index is 0.177. The molecule has 5 heteroatoms. The van der Waals surface area contributed by atoms with Crippen LogP contribution in [0, 0.1) is 17.8 Å². The summed E-state index contributed by atoms with van der Waals surface area (Å²) in [5.74, 6) is 2.01. The second kappa shape index (κ2) is 6.50. The first-order valence-electron chi connectivity index (χ1n) is 8.81. The Kier molecular flexibility index (Phi) is 4.86. The van der Waals surface area contributed by atoms with Crippen LogP contribution in [0.2, 0.25) is 0 Å². The lowest BCUT2D eigenvalue weighted by Gasteiger charge is -2.36. The van der Waals surface area contributed by atoms with Gasteiger partial charge in [-0.3, -0.25) is 10.3 Å². The van der Waals surface area contributed by atoms with Crippen LogP contribution in [0.1, 0.15) is 46.0 Å². The maximum absolute atomic E-state index is 6.59. The molecular formula is C16H33N5. The largest absolute Gasteiger partial charge is 0.327 e. The summed E-state index contributed by atoms with van der Waals surface area (Å²) < 4.78 is 0. The van der Waals surface area contributed by atoms with Crippen LogP contribution in [-0.2, 0) is 0 Å². The first-order valence-corrected chi connectivity index (χ1v) is 8.81. The van der Waals surface area contributed by atoms with E-state index in [1.54, 1.807) is 0 Å². The van der Waals surface area contributed by atoms with Crippen molar-refractivity contribution in [3.8, 4) is 0 Å². The van der Waals surface area contributed by atoms with E-state index in [4.69, 9.17) is 11.5 Å². The Morgan fingerprint density at radius 3 is 2.52 bits per heavy atom. The lowest BCUT2D eigenvalue weighted by molar-refractivity contribution is 0.103. The molecule has 0 spiro atoms. The average molecular weight is 295 g/mol. The predicted molar refractivity (Wildman–Crippen MR) is 86.3 cm³/mol. The van der Waals surface area contributed by atoms with E-state index in [9.17, 15) is 0 Å². The normalized spacial score (nSPS) is 42.4. The third kappa shape index (κ3) is 3.42. The van der Waals surface area contributed by atoms with E-state index >= 15 is 0 Å². The number of hydrazine groups is 1. The van der Waals surface area contributed by atoms with Crippen molar-refractivity contribution < 1.29 is 0 Å². The summed E-state index contributed by atoms with van der Waals surface area (Å²) in [4.78, 5) is 2.50. The third-order valence-corrected chi connectivity index (χ3v) is 5.77. The summed E-state index contributed by atoms with van der Waals surface area (Å²) in [7, 11) is 0. The highest BCUT2D eigenvalue weighted by molar-refractivity contribution is 4.99. The van der Waals surface area contributed by atoms with Crippen molar-refractivity contribution in [3.63, 3.8) is 0 Å². The van der Waals surface area contributed by atoms with Crippen LogP contribution >= 0.6 is 0 Å². The molecule has 6 N–H and O–H groups in total. The van der Waals surface area contributed by atoms with Crippen LogP contribution in [0.15, 0.2) is 0 Å². The third-order valence-electron chi connectivity index (χ3n) is 5.77. The van der Waals surface area contributed by atoms with Crippen LogP contribution < -0.4 is 22.3 Å². The van der Waals surface area contributed by atoms with Crippen LogP contribution in [0.25, 0.3) is 0 Å². The molecule has 2 heterocycles. The van der Waals surface area contributed by atoms with Gasteiger partial charge in [-0.15, -0.1) is 0 Å². The van der Waals surface area contributed by atoms with Gasteiger partial charge in [0.15, 0.2) is 0 Å². The van der Waals surface area contributed by atoms with Crippen molar-refractivity contribution in [1.29, 1.82) is 0 Å². The molecule has 3 aliphatic rings. The number of likely N-dealkylation sites (tertiary alicyclic amines) is 1. The molecule has 1 saturated carbocycles. The lowest BCUT2D eigenvalue weighted by Crippen LogP contribution is -2.52. The molecule has 1 aliphatic carbocycles. The highest BCUT2D eigenvalue weighted by atomic mass is 15.5. The molecule has 3 fully saturated rings. The zero-order valence-corrected chi connectivity index (χ0v) is 13.6. The lowest BCUT2D eigenvalue weighted by atomic mass is 9.87. The molecule has 6 atom stereocenters. The minimum Gasteiger partial charge on any atom is -0.327 e. The quantitative estimate of drug-likeness (QED) is 0.598. The Balaban J connectivity index is 1.51. The Hall–Kier alpha value is -0.200. The number of hydrogen-bond donors (Lipinski definition) is 4. The highest BCUT2D eigenvalue weighted by Gasteiger charge is 2.42. The molecule has 6 unspecified atom stereocenters. The van der Waals surface area contributed by atoms with Crippen molar-refractivity contribution in [2.24, 2.45) is 29.2 Å². The molecule has 0 aromatic carbocycles. The Bertz CT molecular complexity index is 344. The van der Waals surface area contributed by atoms with Gasteiger partial charge in [0.05, 0.1) is 6.17 Å². The van der Waals surface area contributed by atoms with Crippen LogP contribution in [0.4, 0.5) is 0 Å². The monoisotopic (exact) mass is 295 g/mol. The number of hydrogen-bond acceptors (Lipinski definition) is 5. The van der Waals surface area contributed by atoms with Crippen molar-refractivity contribution in [2.75, 3.05) is 13.1 Å². The molecule has 21 heavy (non-hydrogen) atoms. The zero-order chi connectivity index (χ0) is 15.0. The van der Waals surface area contributed by atoms with Gasteiger partial charge in [0.2, 0.25) is 0 Å². The highest BCUT2D eigenvalue weighted by Crippen LogP contribution is 2.37. The van der Waals surface area contributed by atoms with Crippen LogP contribution in [-0.4, -0.2) is 42.3 Å². The second-order valence-electron chi connectivity index (χ2n) is 7.91. The van der Waals surface area contributed by atoms with Crippen molar-refractivity contribution in [1.82, 2.24) is 15.8 Å². The van der Waals surface area contributed by atoms with E-state index in [1.807, 2.05) is 0 Å². The standard InChI is InChI=1S/C16H33N5/c1-10(2)6-11-7-12(13(17)8-11)16(18)14-9-15(20-19-14)21-4-3-5-21/h10-16,19-20H,3-9,17-18H2,1-2H3. The van der Waals surface area contributed by atoms with Crippen LogP contribution in [0.5, 0.6) is 0 Å². The maximum Gasteiger partial charge on any atom is 0.0745 e. The molecule has 0 radical (unpaired) electrons. The second-order valence-corrected chi connectivity index (χ2v) is 7.91. The fourth-order valence-corrected chi connectivity index (χ4v) is 4.52. The van der Waals surface area contributed by atoms with E-state index in [-0.39, 0.29) is 12.1 Å². The maximum atomic E-state index is 6.59. The molecule has 5 nitrogen and oxygen atoms in total. The average Bonchev–Trinajstić information content (AvgIpc) is 2.93. The fourth-order valence-electron chi connectivity index (χ4n) is 4.52. The molecule has 2 saturated heterocycles. The summed E-state index contributed by atoms with van der Waals surface area (Å²) in [5.41, 5.74) is 19.9. The first-order chi connectivity index (χ1) is 10.0. The molecule has 0 aromatic rings. The molecule has 0 amide bonds. The van der Waals surface area contributed by atoms with Gasteiger partial charge < -0.3 is 11.5 Å². The molecule has 2 aliphatic heterocycles. The predicted octanol–water partition coefficient (Wildman–Crippen LogP) is 0.612. The number of rotatable bonds is 5. The van der Waals surface area contributed by atoms with Gasteiger partial charge in [0, 0.05) is 31.2 Å². The summed E-state index contributed by atoms with van der Waals surface area (Å²) in [6, 6.07) is 0.828. The van der Waals surface area contributed by atoms with Gasteiger partial charge in [0.1, 0.15) is 0 Å². The van der Waals surface area contributed by atoms with E-state index < -0.39 is 0 Å². The summed E-state index contributed by atoms with van der Waals surface area (Å²) in [6.07, 6.45) is 6.58. The van der Waals surface area contributed by atoms with Gasteiger partial charge in [-0.05, 0) is 49.9 Å². The summed E-state index contributed by atoms with van der Waals surface area (Å²) in [6.45, 7) is 7.05. The molecule has 0 bridgehead atoms. The number of nitrogens with zero attached hydrogens (tertiary/aromatic N) is 1. The number of nitrogens with one attached hydrogen (secondary N) is 2. The van der Waals surface area contributed by atoms with E-state index in [1.165, 1.54) is 32.4 Å². The van der Waals surface area contributed by atoms with Gasteiger partial charge in [-0.25, -0.2) is 5.43 Å².